The van der Waals surface area contributed by atoms with Crippen molar-refractivity contribution < 1.29 is 14.0 Å². The second-order valence-electron chi connectivity index (χ2n) is 5.70. The van der Waals surface area contributed by atoms with Crippen LogP contribution in [0, 0.1) is 5.82 Å². The van der Waals surface area contributed by atoms with E-state index in [9.17, 15) is 14.0 Å². The van der Waals surface area contributed by atoms with Gasteiger partial charge < -0.3 is 15.2 Å². The van der Waals surface area contributed by atoms with E-state index in [1.807, 2.05) is 48.9 Å². The Morgan fingerprint density at radius 2 is 1.96 bits per heavy atom. The molecular weight excluding hydrogens is 311 g/mol. The second kappa shape index (κ2) is 7.74. The van der Waals surface area contributed by atoms with E-state index in [0.717, 1.165) is 11.8 Å². The van der Waals surface area contributed by atoms with Crippen LogP contribution in [0.25, 0.3) is 0 Å². The summed E-state index contributed by atoms with van der Waals surface area (Å²) in [5.74, 6) is -2.07. The number of likely N-dealkylation sites (N-methyl/N-ethyl adjacent to an activating group) is 1. The van der Waals surface area contributed by atoms with Crippen molar-refractivity contribution in [2.24, 2.45) is 7.05 Å². The molecule has 0 aliphatic rings. The molecule has 6 nitrogen and oxygen atoms in total. The lowest BCUT2D eigenvalue weighted by Gasteiger charge is -2.25. The standard InChI is InChI=1S/C17H21FN4O2/c1-21(2)15(14-8-5-9-22(14)3)11-19-16(23)17(24)20-13-7-4-6-12(18)10-13/h4-10,15H,11H2,1-3H3,(H,19,23)(H,20,24). The number of benzene rings is 1. The highest BCUT2D eigenvalue weighted by atomic mass is 19.1. The highest BCUT2D eigenvalue weighted by Crippen LogP contribution is 2.17. The normalized spacial score (nSPS) is 12.0. The van der Waals surface area contributed by atoms with E-state index in [4.69, 9.17) is 0 Å². The summed E-state index contributed by atoms with van der Waals surface area (Å²) in [7, 11) is 5.72. The fourth-order valence-electron chi connectivity index (χ4n) is 2.40. The number of hydrogen-bond acceptors (Lipinski definition) is 3. The van der Waals surface area contributed by atoms with Crippen LogP contribution < -0.4 is 10.6 Å². The summed E-state index contributed by atoms with van der Waals surface area (Å²) < 4.78 is 15.1. The second-order valence-corrected chi connectivity index (χ2v) is 5.70. The number of nitrogens with one attached hydrogen (secondary N) is 2. The maximum absolute atomic E-state index is 13.1. The van der Waals surface area contributed by atoms with Gasteiger partial charge in [-0.3, -0.25) is 14.5 Å². The third-order valence-corrected chi connectivity index (χ3v) is 3.69. The van der Waals surface area contributed by atoms with Crippen LogP contribution in [-0.4, -0.2) is 41.9 Å². The molecule has 1 unspecified atom stereocenters. The molecule has 0 bridgehead atoms. The molecule has 1 atom stereocenters. The first-order valence-electron chi connectivity index (χ1n) is 7.51. The van der Waals surface area contributed by atoms with Crippen molar-refractivity contribution in [2.75, 3.05) is 26.0 Å². The lowest BCUT2D eigenvalue weighted by Crippen LogP contribution is -2.40. The summed E-state index contributed by atoms with van der Waals surface area (Å²) in [4.78, 5) is 25.8. The van der Waals surface area contributed by atoms with Gasteiger partial charge in [-0.2, -0.15) is 0 Å². The zero-order valence-electron chi connectivity index (χ0n) is 13.9. The van der Waals surface area contributed by atoms with E-state index >= 15 is 0 Å². The van der Waals surface area contributed by atoms with E-state index in [-0.39, 0.29) is 18.3 Å². The van der Waals surface area contributed by atoms with E-state index in [2.05, 4.69) is 10.6 Å². The van der Waals surface area contributed by atoms with Gasteiger partial charge in [0.15, 0.2) is 0 Å². The molecule has 0 radical (unpaired) electrons. The Bertz CT molecular complexity index is 727. The van der Waals surface area contributed by atoms with Gasteiger partial charge in [-0.1, -0.05) is 6.07 Å². The fraction of sp³-hybridized carbons (Fsp3) is 0.294. The van der Waals surface area contributed by atoms with E-state index in [1.54, 1.807) is 0 Å². The molecule has 7 heteroatoms. The number of carbonyl (C=O) groups excluding carboxylic acids is 2. The molecule has 2 amide bonds. The summed E-state index contributed by atoms with van der Waals surface area (Å²) in [5, 5.41) is 4.99. The minimum absolute atomic E-state index is 0.0732. The van der Waals surface area contributed by atoms with Crippen molar-refractivity contribution in [3.8, 4) is 0 Å². The summed E-state index contributed by atoms with van der Waals surface area (Å²) in [6.07, 6.45) is 1.92. The van der Waals surface area contributed by atoms with Crippen LogP contribution >= 0.6 is 0 Å². The van der Waals surface area contributed by atoms with Gasteiger partial charge in [0.25, 0.3) is 0 Å². The number of nitrogens with zero attached hydrogens (tertiary/aromatic N) is 2. The lowest BCUT2D eigenvalue weighted by atomic mass is 10.2. The van der Waals surface area contributed by atoms with Gasteiger partial charge in [-0.25, -0.2) is 4.39 Å². The molecule has 128 valence electrons. The molecule has 0 saturated carbocycles. The topological polar surface area (TPSA) is 66.4 Å². The third-order valence-electron chi connectivity index (χ3n) is 3.69. The van der Waals surface area contributed by atoms with Crippen molar-refractivity contribution in [2.45, 2.75) is 6.04 Å². The van der Waals surface area contributed by atoms with E-state index in [0.29, 0.717) is 0 Å². The zero-order valence-corrected chi connectivity index (χ0v) is 13.9. The van der Waals surface area contributed by atoms with Crippen molar-refractivity contribution in [3.05, 3.63) is 54.1 Å². The smallest absolute Gasteiger partial charge is 0.313 e. The third kappa shape index (κ3) is 4.42. The number of anilines is 1. The Kier molecular flexibility index (Phi) is 5.70. The Morgan fingerprint density at radius 3 is 2.54 bits per heavy atom. The summed E-state index contributed by atoms with van der Waals surface area (Å²) >= 11 is 0. The highest BCUT2D eigenvalue weighted by Gasteiger charge is 2.20. The van der Waals surface area contributed by atoms with Crippen LogP contribution in [0.15, 0.2) is 42.6 Å². The maximum atomic E-state index is 13.1. The number of halogens is 1. The number of aromatic nitrogens is 1. The molecule has 0 fully saturated rings. The molecule has 1 aromatic carbocycles. The van der Waals surface area contributed by atoms with Crippen molar-refractivity contribution >= 4 is 17.5 Å². The first-order chi connectivity index (χ1) is 11.4. The fourth-order valence-corrected chi connectivity index (χ4v) is 2.40. The first-order valence-corrected chi connectivity index (χ1v) is 7.51. The Hall–Kier alpha value is -2.67. The van der Waals surface area contributed by atoms with Gasteiger partial charge >= 0.3 is 11.8 Å². The van der Waals surface area contributed by atoms with E-state index < -0.39 is 17.6 Å². The largest absolute Gasteiger partial charge is 0.353 e. The van der Waals surface area contributed by atoms with Crippen LogP contribution in [0.1, 0.15) is 11.7 Å². The molecule has 2 N–H and O–H groups in total. The van der Waals surface area contributed by atoms with Gasteiger partial charge in [0, 0.05) is 31.2 Å². The number of rotatable bonds is 5. The average Bonchev–Trinajstić information content (AvgIpc) is 2.93. The Labute approximate surface area is 140 Å². The quantitative estimate of drug-likeness (QED) is 0.816. The molecule has 2 rings (SSSR count). The van der Waals surface area contributed by atoms with Gasteiger partial charge in [0.1, 0.15) is 5.82 Å². The molecule has 1 heterocycles. The van der Waals surface area contributed by atoms with Crippen molar-refractivity contribution in [1.29, 1.82) is 0 Å². The molecule has 0 aliphatic carbocycles. The monoisotopic (exact) mass is 332 g/mol. The number of amides is 2. The van der Waals surface area contributed by atoms with Gasteiger partial charge in [0.05, 0.1) is 6.04 Å². The van der Waals surface area contributed by atoms with Crippen molar-refractivity contribution in [1.82, 2.24) is 14.8 Å². The van der Waals surface area contributed by atoms with Crippen molar-refractivity contribution in [3.63, 3.8) is 0 Å². The van der Waals surface area contributed by atoms with Crippen LogP contribution in [0.4, 0.5) is 10.1 Å². The molecule has 0 spiro atoms. The Balaban J connectivity index is 1.95. The van der Waals surface area contributed by atoms with E-state index in [1.165, 1.54) is 18.2 Å². The van der Waals surface area contributed by atoms with Crippen LogP contribution in [0.5, 0.6) is 0 Å². The molecule has 0 aliphatic heterocycles. The zero-order chi connectivity index (χ0) is 17.7. The summed E-state index contributed by atoms with van der Waals surface area (Å²) in [6, 6.07) is 9.19. The molecule has 1 aromatic heterocycles. The molecule has 2 aromatic rings. The average molecular weight is 332 g/mol. The predicted octanol–water partition coefficient (Wildman–Crippen LogP) is 1.52. The Morgan fingerprint density at radius 1 is 1.21 bits per heavy atom. The van der Waals surface area contributed by atoms with Gasteiger partial charge in [-0.15, -0.1) is 0 Å². The predicted molar refractivity (Wildman–Crippen MR) is 89.9 cm³/mol. The molecule has 0 saturated heterocycles. The first kappa shape index (κ1) is 17.7. The SMILES string of the molecule is CN(C)C(CNC(=O)C(=O)Nc1cccc(F)c1)c1cccn1C. The number of aryl methyl sites for hydroxylation is 1. The van der Waals surface area contributed by atoms with Crippen LogP contribution in [0.2, 0.25) is 0 Å². The minimum Gasteiger partial charge on any atom is -0.353 e. The minimum atomic E-state index is -0.829. The molecular formula is C17H21FN4O2. The van der Waals surface area contributed by atoms with Crippen LogP contribution in [0.3, 0.4) is 0 Å². The number of carbonyl (C=O) groups is 2. The van der Waals surface area contributed by atoms with Gasteiger partial charge in [-0.05, 0) is 44.4 Å². The highest BCUT2D eigenvalue weighted by molar-refractivity contribution is 6.39. The maximum Gasteiger partial charge on any atom is 0.313 e. The number of hydrogen-bond donors (Lipinski definition) is 2. The van der Waals surface area contributed by atoms with Crippen LogP contribution in [-0.2, 0) is 16.6 Å². The van der Waals surface area contributed by atoms with Gasteiger partial charge in [0.2, 0.25) is 0 Å². The molecule has 24 heavy (non-hydrogen) atoms. The summed E-state index contributed by atoms with van der Waals surface area (Å²) in [5.41, 5.74) is 1.26. The summed E-state index contributed by atoms with van der Waals surface area (Å²) in [6.45, 7) is 0.278. The lowest BCUT2D eigenvalue weighted by molar-refractivity contribution is -0.136.